The Labute approximate surface area is 198 Å². The Kier molecular flexibility index (Phi) is 7.22. The predicted molar refractivity (Wildman–Crippen MR) is 131 cm³/mol. The molecule has 2 aromatic heterocycles. The van der Waals surface area contributed by atoms with Crippen LogP contribution in [-0.2, 0) is 13.2 Å². The first kappa shape index (κ1) is 23.0. The lowest BCUT2D eigenvalue weighted by molar-refractivity contribution is 0.0946. The van der Waals surface area contributed by atoms with Crippen LogP contribution >= 0.6 is 0 Å². The number of nitrogens with zero attached hydrogens (tertiary/aromatic N) is 2. The molecule has 174 valence electrons. The molecule has 0 aliphatic carbocycles. The average molecular weight is 457 g/mol. The van der Waals surface area contributed by atoms with Crippen molar-refractivity contribution < 1.29 is 14.3 Å². The van der Waals surface area contributed by atoms with Crippen molar-refractivity contribution in [2.75, 3.05) is 6.54 Å². The fourth-order valence-electron chi connectivity index (χ4n) is 3.56. The summed E-state index contributed by atoms with van der Waals surface area (Å²) < 4.78 is 7.85. The minimum absolute atomic E-state index is 0.111. The third kappa shape index (κ3) is 5.81. The summed E-state index contributed by atoms with van der Waals surface area (Å²) in [5.41, 5.74) is 4.76. The number of nitrogens with one attached hydrogen (secondary N) is 2. The van der Waals surface area contributed by atoms with Crippen LogP contribution < -0.4 is 15.4 Å². The number of hydrogen-bond acceptors (Lipinski definition) is 4. The summed E-state index contributed by atoms with van der Waals surface area (Å²) in [6.45, 7) is 5.30. The highest BCUT2D eigenvalue weighted by Gasteiger charge is 2.10. The third-order valence-corrected chi connectivity index (χ3v) is 5.31. The first-order chi connectivity index (χ1) is 16.5. The summed E-state index contributed by atoms with van der Waals surface area (Å²) in [7, 11) is 0. The van der Waals surface area contributed by atoms with Crippen molar-refractivity contribution in [3.63, 3.8) is 0 Å². The van der Waals surface area contributed by atoms with E-state index in [9.17, 15) is 9.59 Å². The number of imidazole rings is 1. The predicted octanol–water partition coefficient (Wildman–Crippen LogP) is 4.29. The Morgan fingerprint density at radius 1 is 0.941 bits per heavy atom. The van der Waals surface area contributed by atoms with E-state index >= 15 is 0 Å². The van der Waals surface area contributed by atoms with Crippen molar-refractivity contribution in [3.8, 4) is 5.75 Å². The molecule has 0 spiro atoms. The number of benzene rings is 2. The summed E-state index contributed by atoms with van der Waals surface area (Å²) in [5.74, 6) is 0.269. The number of fused-ring (bicyclic) bond motifs is 1. The second-order valence-corrected chi connectivity index (χ2v) is 8.16. The molecule has 0 saturated carbocycles. The van der Waals surface area contributed by atoms with Gasteiger partial charge in [0.05, 0.1) is 5.69 Å². The number of aromatic nitrogens is 2. The van der Waals surface area contributed by atoms with Gasteiger partial charge in [0.25, 0.3) is 11.8 Å². The fourth-order valence-corrected chi connectivity index (χ4v) is 3.56. The first-order valence-electron chi connectivity index (χ1n) is 11.3. The zero-order valence-electron chi connectivity index (χ0n) is 19.4. The number of rotatable bonds is 9. The summed E-state index contributed by atoms with van der Waals surface area (Å²) in [4.78, 5) is 29.4. The molecule has 4 aromatic rings. The van der Waals surface area contributed by atoms with Crippen molar-refractivity contribution >= 4 is 17.5 Å². The normalized spacial score (nSPS) is 10.8. The monoisotopic (exact) mass is 456 g/mol. The van der Waals surface area contributed by atoms with Crippen molar-refractivity contribution in [3.05, 3.63) is 101 Å². The number of carbonyl (C=O) groups excluding carboxylic acids is 2. The van der Waals surface area contributed by atoms with E-state index in [0.29, 0.717) is 36.6 Å². The molecule has 34 heavy (non-hydrogen) atoms. The minimum Gasteiger partial charge on any atom is -0.487 e. The van der Waals surface area contributed by atoms with Gasteiger partial charge in [-0.1, -0.05) is 31.2 Å². The van der Waals surface area contributed by atoms with Crippen LogP contribution in [0.4, 0.5) is 0 Å². The van der Waals surface area contributed by atoms with E-state index in [4.69, 9.17) is 4.74 Å². The van der Waals surface area contributed by atoms with Gasteiger partial charge in [-0.15, -0.1) is 0 Å². The van der Waals surface area contributed by atoms with Gasteiger partial charge in [-0.3, -0.25) is 9.59 Å². The number of pyridine rings is 1. The number of aryl methyl sites for hydroxylation is 1. The van der Waals surface area contributed by atoms with Gasteiger partial charge in [-0.2, -0.15) is 0 Å². The van der Waals surface area contributed by atoms with Gasteiger partial charge in [0.2, 0.25) is 0 Å². The maximum absolute atomic E-state index is 12.7. The van der Waals surface area contributed by atoms with Gasteiger partial charge in [0, 0.05) is 36.6 Å². The highest BCUT2D eigenvalue weighted by Crippen LogP contribution is 2.16. The summed E-state index contributed by atoms with van der Waals surface area (Å²) in [6, 6.07) is 18.3. The molecule has 0 radical (unpaired) electrons. The van der Waals surface area contributed by atoms with Gasteiger partial charge in [-0.05, 0) is 60.9 Å². The van der Waals surface area contributed by atoms with E-state index in [1.165, 1.54) is 0 Å². The molecule has 0 aliphatic rings. The smallest absolute Gasteiger partial charge is 0.251 e. The molecule has 0 aliphatic heterocycles. The lowest BCUT2D eigenvalue weighted by Gasteiger charge is -2.09. The van der Waals surface area contributed by atoms with Crippen LogP contribution in [-0.4, -0.2) is 27.7 Å². The van der Waals surface area contributed by atoms with Crippen LogP contribution in [0.5, 0.6) is 5.75 Å². The molecular formula is C27H28N4O3. The molecule has 7 heteroatoms. The molecule has 7 nitrogen and oxygen atoms in total. The Balaban J connectivity index is 1.35. The van der Waals surface area contributed by atoms with E-state index in [-0.39, 0.29) is 11.8 Å². The zero-order valence-corrected chi connectivity index (χ0v) is 19.4. The largest absolute Gasteiger partial charge is 0.487 e. The molecule has 2 aromatic carbocycles. The molecule has 2 heterocycles. The van der Waals surface area contributed by atoms with Gasteiger partial charge in [0.1, 0.15) is 18.0 Å². The molecule has 0 atom stereocenters. The Morgan fingerprint density at radius 3 is 2.53 bits per heavy atom. The SMILES string of the molecule is CCCNC(=O)c1cccc(CNC(=O)c2cccc(OCc3cn4cc(C)ccc4n3)c2)c1. The van der Waals surface area contributed by atoms with Crippen LogP contribution in [0.25, 0.3) is 5.65 Å². The maximum atomic E-state index is 12.7. The quantitative estimate of drug-likeness (QED) is 0.393. The average Bonchev–Trinajstić information content (AvgIpc) is 3.27. The summed E-state index contributed by atoms with van der Waals surface area (Å²) >= 11 is 0. The van der Waals surface area contributed by atoms with Crippen molar-refractivity contribution in [2.45, 2.75) is 33.4 Å². The van der Waals surface area contributed by atoms with Crippen LogP contribution in [0, 0.1) is 6.92 Å². The summed E-state index contributed by atoms with van der Waals surface area (Å²) in [6.07, 6.45) is 4.84. The highest BCUT2D eigenvalue weighted by molar-refractivity contribution is 5.95. The second-order valence-electron chi connectivity index (χ2n) is 8.16. The molecule has 4 rings (SSSR count). The molecule has 0 fully saturated rings. The molecule has 0 bridgehead atoms. The molecule has 0 saturated heterocycles. The maximum Gasteiger partial charge on any atom is 0.251 e. The Hall–Kier alpha value is -4.13. The fraction of sp³-hybridized carbons (Fsp3) is 0.222. The minimum atomic E-state index is -0.213. The molecular weight excluding hydrogens is 428 g/mol. The number of hydrogen-bond donors (Lipinski definition) is 2. The number of amides is 2. The van der Waals surface area contributed by atoms with Crippen LogP contribution in [0.2, 0.25) is 0 Å². The van der Waals surface area contributed by atoms with E-state index in [1.807, 2.05) is 61.0 Å². The van der Waals surface area contributed by atoms with Gasteiger partial charge in [-0.25, -0.2) is 4.98 Å². The third-order valence-electron chi connectivity index (χ3n) is 5.31. The first-order valence-corrected chi connectivity index (χ1v) is 11.3. The number of ether oxygens (including phenoxy) is 1. The van der Waals surface area contributed by atoms with Crippen molar-refractivity contribution in [1.82, 2.24) is 20.0 Å². The second kappa shape index (κ2) is 10.7. The van der Waals surface area contributed by atoms with Crippen molar-refractivity contribution in [2.24, 2.45) is 0 Å². The lowest BCUT2D eigenvalue weighted by Crippen LogP contribution is -2.25. The van der Waals surface area contributed by atoms with Crippen LogP contribution in [0.1, 0.15) is 50.9 Å². The van der Waals surface area contributed by atoms with Crippen LogP contribution in [0.15, 0.2) is 73.1 Å². The molecule has 2 N–H and O–H groups in total. The van der Waals surface area contributed by atoms with Gasteiger partial charge < -0.3 is 19.8 Å². The van der Waals surface area contributed by atoms with E-state index < -0.39 is 0 Å². The Bertz CT molecular complexity index is 1310. The Morgan fingerprint density at radius 2 is 1.71 bits per heavy atom. The van der Waals surface area contributed by atoms with E-state index in [0.717, 1.165) is 28.9 Å². The highest BCUT2D eigenvalue weighted by atomic mass is 16.5. The van der Waals surface area contributed by atoms with E-state index in [1.54, 1.807) is 30.3 Å². The summed E-state index contributed by atoms with van der Waals surface area (Å²) in [5, 5.41) is 5.77. The molecule has 0 unspecified atom stereocenters. The standard InChI is InChI=1S/C27H28N4O3/c1-3-12-28-26(32)21-7-4-6-20(13-21)15-29-27(33)22-8-5-9-24(14-22)34-18-23-17-31-16-19(2)10-11-25(31)30-23/h4-11,13-14,16-17H,3,12,15,18H2,1-2H3,(H,28,32)(H,29,33). The van der Waals surface area contributed by atoms with Gasteiger partial charge >= 0.3 is 0 Å². The van der Waals surface area contributed by atoms with E-state index in [2.05, 4.69) is 15.6 Å². The lowest BCUT2D eigenvalue weighted by atomic mass is 10.1. The topological polar surface area (TPSA) is 84.7 Å². The van der Waals surface area contributed by atoms with Crippen LogP contribution in [0.3, 0.4) is 0 Å². The van der Waals surface area contributed by atoms with Gasteiger partial charge in [0.15, 0.2) is 0 Å². The number of carbonyl (C=O) groups is 2. The van der Waals surface area contributed by atoms with Crippen molar-refractivity contribution in [1.29, 1.82) is 0 Å². The zero-order chi connectivity index (χ0) is 23.9. The molecule has 2 amide bonds.